The van der Waals surface area contributed by atoms with Crippen LogP contribution in [0.3, 0.4) is 0 Å². The lowest BCUT2D eigenvalue weighted by molar-refractivity contribution is -0.0676. The van der Waals surface area contributed by atoms with Crippen molar-refractivity contribution in [3.05, 3.63) is 29.8 Å². The van der Waals surface area contributed by atoms with Crippen molar-refractivity contribution in [2.45, 2.75) is 19.3 Å². The molecule has 4 heteroatoms. The molecule has 88 valence electrons. The summed E-state index contributed by atoms with van der Waals surface area (Å²) in [6.45, 7) is 3.03. The van der Waals surface area contributed by atoms with Crippen LogP contribution in [0.25, 0.3) is 0 Å². The minimum absolute atomic E-state index is 0.00642. The molecule has 4 nitrogen and oxygen atoms in total. The molecule has 0 amide bonds. The summed E-state index contributed by atoms with van der Waals surface area (Å²) in [6.07, 6.45) is -0.579. The Balaban J connectivity index is 1.99. The maximum atomic E-state index is 8.92. The van der Waals surface area contributed by atoms with Crippen LogP contribution in [0.2, 0.25) is 0 Å². The first-order chi connectivity index (χ1) is 7.83. The lowest BCUT2D eigenvalue weighted by atomic mass is 10.2. The highest BCUT2D eigenvalue weighted by atomic mass is 16.7. The van der Waals surface area contributed by atoms with Crippen LogP contribution in [0.1, 0.15) is 18.8 Å². The van der Waals surface area contributed by atoms with E-state index in [1.165, 1.54) is 0 Å². The molecule has 1 fully saturated rings. The minimum Gasteiger partial charge on any atom is -0.494 e. The van der Waals surface area contributed by atoms with Crippen LogP contribution in [0, 0.1) is 0 Å². The number of aliphatic hydroxyl groups is 1. The fourth-order valence-electron chi connectivity index (χ4n) is 1.61. The van der Waals surface area contributed by atoms with E-state index in [0.29, 0.717) is 13.2 Å². The van der Waals surface area contributed by atoms with E-state index in [0.717, 1.165) is 11.3 Å². The molecule has 0 aromatic heterocycles. The number of hydrogen-bond donors (Lipinski definition) is 1. The van der Waals surface area contributed by atoms with E-state index >= 15 is 0 Å². The van der Waals surface area contributed by atoms with Crippen LogP contribution in [0.5, 0.6) is 5.75 Å². The van der Waals surface area contributed by atoms with Crippen LogP contribution in [0.15, 0.2) is 24.3 Å². The van der Waals surface area contributed by atoms with Gasteiger partial charge >= 0.3 is 0 Å². The second-order valence-corrected chi connectivity index (χ2v) is 3.61. The summed E-state index contributed by atoms with van der Waals surface area (Å²) in [4.78, 5) is 0. The average Bonchev–Trinajstić information content (AvgIpc) is 2.79. The third-order valence-corrected chi connectivity index (χ3v) is 2.42. The van der Waals surface area contributed by atoms with Crippen LogP contribution in [-0.4, -0.2) is 31.0 Å². The van der Waals surface area contributed by atoms with Gasteiger partial charge in [0.2, 0.25) is 0 Å². The molecule has 1 heterocycles. The summed E-state index contributed by atoms with van der Waals surface area (Å²) in [5.41, 5.74) is 0.944. The van der Waals surface area contributed by atoms with Gasteiger partial charge in [-0.1, -0.05) is 12.1 Å². The Kier molecular flexibility index (Phi) is 3.77. The van der Waals surface area contributed by atoms with Gasteiger partial charge in [-0.05, 0) is 19.1 Å². The lowest BCUT2D eigenvalue weighted by Crippen LogP contribution is -2.14. The van der Waals surface area contributed by atoms with E-state index in [2.05, 4.69) is 0 Å². The van der Waals surface area contributed by atoms with E-state index in [-0.39, 0.29) is 19.0 Å². The lowest BCUT2D eigenvalue weighted by Gasteiger charge is -2.11. The van der Waals surface area contributed by atoms with Gasteiger partial charge in [0, 0.05) is 5.56 Å². The Morgan fingerprint density at radius 2 is 2.12 bits per heavy atom. The molecule has 2 unspecified atom stereocenters. The number of rotatable bonds is 4. The summed E-state index contributed by atoms with van der Waals surface area (Å²) >= 11 is 0. The van der Waals surface area contributed by atoms with Crippen LogP contribution < -0.4 is 4.74 Å². The fraction of sp³-hybridized carbons (Fsp3) is 0.500. The van der Waals surface area contributed by atoms with Gasteiger partial charge in [-0.15, -0.1) is 0 Å². The van der Waals surface area contributed by atoms with Crippen molar-refractivity contribution in [3.63, 3.8) is 0 Å². The summed E-state index contributed by atoms with van der Waals surface area (Å²) in [6, 6.07) is 7.60. The van der Waals surface area contributed by atoms with E-state index in [1.54, 1.807) is 0 Å². The van der Waals surface area contributed by atoms with Gasteiger partial charge in [0.15, 0.2) is 6.29 Å². The van der Waals surface area contributed by atoms with Gasteiger partial charge in [-0.3, -0.25) is 0 Å². The zero-order valence-corrected chi connectivity index (χ0v) is 9.26. The topological polar surface area (TPSA) is 47.9 Å². The van der Waals surface area contributed by atoms with Gasteiger partial charge in [0.05, 0.1) is 19.8 Å². The first kappa shape index (κ1) is 11.4. The van der Waals surface area contributed by atoms with E-state index in [4.69, 9.17) is 19.3 Å². The molecule has 16 heavy (non-hydrogen) atoms. The number of hydrogen-bond acceptors (Lipinski definition) is 4. The summed E-state index contributed by atoms with van der Waals surface area (Å²) in [5.74, 6) is 0.836. The quantitative estimate of drug-likeness (QED) is 0.841. The van der Waals surface area contributed by atoms with Gasteiger partial charge in [-0.25, -0.2) is 0 Å². The van der Waals surface area contributed by atoms with E-state index < -0.39 is 0 Å². The summed E-state index contributed by atoms with van der Waals surface area (Å²) < 4.78 is 16.2. The van der Waals surface area contributed by atoms with Crippen molar-refractivity contribution in [1.82, 2.24) is 0 Å². The van der Waals surface area contributed by atoms with Gasteiger partial charge in [0.25, 0.3) is 0 Å². The van der Waals surface area contributed by atoms with Crippen molar-refractivity contribution in [1.29, 1.82) is 0 Å². The molecule has 1 saturated heterocycles. The normalized spacial score (nSPS) is 24.6. The Bertz CT molecular complexity index is 322. The fourth-order valence-corrected chi connectivity index (χ4v) is 1.61. The Hall–Kier alpha value is -1.10. The van der Waals surface area contributed by atoms with Crippen molar-refractivity contribution in [2.75, 3.05) is 19.8 Å². The highest BCUT2D eigenvalue weighted by Gasteiger charge is 2.26. The maximum absolute atomic E-state index is 8.92. The maximum Gasteiger partial charge on any atom is 0.184 e. The first-order valence-corrected chi connectivity index (χ1v) is 5.44. The minimum atomic E-state index is -0.368. The number of aliphatic hydroxyl groups excluding tert-OH is 1. The zero-order valence-electron chi connectivity index (χ0n) is 9.26. The van der Waals surface area contributed by atoms with Crippen LogP contribution in [-0.2, 0) is 9.47 Å². The molecule has 1 aliphatic heterocycles. The molecule has 1 N–H and O–H groups in total. The second kappa shape index (κ2) is 5.30. The molecule has 1 aromatic rings. The molecule has 2 atom stereocenters. The molecule has 2 rings (SSSR count). The van der Waals surface area contributed by atoms with Crippen molar-refractivity contribution >= 4 is 0 Å². The zero-order chi connectivity index (χ0) is 11.4. The molecule has 0 radical (unpaired) electrons. The average molecular weight is 224 g/mol. The molecular formula is C12H16O4. The molecule has 0 saturated carbocycles. The molecule has 0 aliphatic carbocycles. The Labute approximate surface area is 94.8 Å². The molecule has 1 aromatic carbocycles. The predicted octanol–water partition coefficient (Wildman–Crippen LogP) is 1.49. The standard InChI is InChI=1S/C12H16O4/c1-2-14-10-5-3-9(4-6-10)12-15-8-11(7-13)16-12/h3-6,11-13H,2,7-8H2,1H3. The SMILES string of the molecule is CCOc1ccc(C2OCC(CO)O2)cc1. The molecular weight excluding hydrogens is 208 g/mol. The molecule has 0 spiro atoms. The van der Waals surface area contributed by atoms with Crippen molar-refractivity contribution in [2.24, 2.45) is 0 Å². The summed E-state index contributed by atoms with van der Waals surface area (Å²) in [5, 5.41) is 8.92. The van der Waals surface area contributed by atoms with E-state index in [1.807, 2.05) is 31.2 Å². The largest absolute Gasteiger partial charge is 0.494 e. The van der Waals surface area contributed by atoms with E-state index in [9.17, 15) is 0 Å². The monoisotopic (exact) mass is 224 g/mol. The molecule has 1 aliphatic rings. The van der Waals surface area contributed by atoms with Crippen LogP contribution >= 0.6 is 0 Å². The highest BCUT2D eigenvalue weighted by Crippen LogP contribution is 2.27. The third-order valence-electron chi connectivity index (χ3n) is 2.42. The summed E-state index contributed by atoms with van der Waals surface area (Å²) in [7, 11) is 0. The number of ether oxygens (including phenoxy) is 3. The van der Waals surface area contributed by atoms with Gasteiger partial charge in [-0.2, -0.15) is 0 Å². The van der Waals surface area contributed by atoms with Gasteiger partial charge < -0.3 is 19.3 Å². The predicted molar refractivity (Wildman–Crippen MR) is 58.3 cm³/mol. The highest BCUT2D eigenvalue weighted by molar-refractivity contribution is 5.28. The smallest absolute Gasteiger partial charge is 0.184 e. The first-order valence-electron chi connectivity index (χ1n) is 5.44. The van der Waals surface area contributed by atoms with Crippen molar-refractivity contribution < 1.29 is 19.3 Å². The number of benzene rings is 1. The third kappa shape index (κ3) is 2.52. The molecule has 0 bridgehead atoms. The second-order valence-electron chi connectivity index (χ2n) is 3.61. The van der Waals surface area contributed by atoms with Crippen LogP contribution in [0.4, 0.5) is 0 Å². The Morgan fingerprint density at radius 3 is 2.69 bits per heavy atom. The Morgan fingerprint density at radius 1 is 1.38 bits per heavy atom. The van der Waals surface area contributed by atoms with Gasteiger partial charge in [0.1, 0.15) is 11.9 Å². The van der Waals surface area contributed by atoms with Crippen molar-refractivity contribution in [3.8, 4) is 5.75 Å².